The lowest BCUT2D eigenvalue weighted by Crippen LogP contribution is -2.35. The fourth-order valence-electron chi connectivity index (χ4n) is 1.84. The largest absolute Gasteiger partial charge is 0.383 e. The number of thiazole rings is 1. The molecule has 2 aromatic heterocycles. The Morgan fingerprint density at radius 3 is 3.00 bits per heavy atom. The van der Waals surface area contributed by atoms with Crippen LogP contribution in [0, 0.1) is 18.8 Å². The molecule has 0 saturated carbocycles. The third-order valence-corrected chi connectivity index (χ3v) is 4.13. The van der Waals surface area contributed by atoms with Crippen LogP contribution in [0.4, 0.5) is 5.82 Å². The van der Waals surface area contributed by atoms with Gasteiger partial charge in [-0.15, -0.1) is 4.91 Å². The number of aryl methyl sites for hydroxylation is 1. The first-order valence-electron chi connectivity index (χ1n) is 6.11. The second-order valence-corrected chi connectivity index (χ2v) is 5.28. The third kappa shape index (κ3) is 3.27. The minimum atomic E-state index is 0.292. The second-order valence-electron chi connectivity index (χ2n) is 4.35. The van der Waals surface area contributed by atoms with Crippen LogP contribution in [0.1, 0.15) is 22.0 Å². The zero-order valence-corrected chi connectivity index (χ0v) is 12.2. The highest BCUT2D eigenvalue weighted by molar-refractivity contribution is 7.09. The lowest BCUT2D eigenvalue weighted by Gasteiger charge is -2.02. The zero-order valence-electron chi connectivity index (χ0n) is 11.4. The monoisotopic (exact) mass is 294 g/mol. The topological polar surface area (TPSA) is 94.3 Å². The maximum atomic E-state index is 9.89. The number of aromatic nitrogens is 3. The van der Waals surface area contributed by atoms with Gasteiger partial charge in [0.25, 0.3) is 0 Å². The lowest BCUT2D eigenvalue weighted by molar-refractivity contribution is -0.689. The molecular weight excluding hydrogens is 278 g/mol. The minimum absolute atomic E-state index is 0.292. The molecule has 0 bridgehead atoms. The number of hydrogen-bond acceptors (Lipinski definition) is 7. The van der Waals surface area contributed by atoms with E-state index in [1.165, 1.54) is 0 Å². The van der Waals surface area contributed by atoms with Crippen molar-refractivity contribution in [2.24, 2.45) is 5.34 Å². The normalized spacial score (nSPS) is 10.5. The fraction of sp³-hybridized carbons (Fsp3) is 0.417. The molecule has 2 N–H and O–H groups in total. The van der Waals surface area contributed by atoms with Crippen LogP contribution < -0.4 is 10.3 Å². The van der Waals surface area contributed by atoms with E-state index >= 15 is 0 Å². The van der Waals surface area contributed by atoms with E-state index in [1.807, 2.05) is 19.4 Å². The number of anilines is 1. The van der Waals surface area contributed by atoms with Crippen molar-refractivity contribution >= 4 is 17.2 Å². The summed E-state index contributed by atoms with van der Waals surface area (Å²) in [5.74, 6) is 1.17. The van der Waals surface area contributed by atoms with E-state index in [0.717, 1.165) is 16.1 Å². The highest BCUT2D eigenvalue weighted by Crippen LogP contribution is 2.14. The van der Waals surface area contributed by atoms with Gasteiger partial charge in [0.05, 0.1) is 10.4 Å². The Hall–Kier alpha value is -2.09. The molecule has 0 aromatic carbocycles. The van der Waals surface area contributed by atoms with Gasteiger partial charge in [-0.2, -0.15) is 4.57 Å². The smallest absolute Gasteiger partial charge is 0.225 e. The van der Waals surface area contributed by atoms with Gasteiger partial charge in [-0.05, 0) is 6.92 Å². The first kappa shape index (κ1) is 14.3. The Bertz CT molecular complexity index is 614. The molecule has 2 rings (SSSR count). The molecular formula is C12H16N5O2S+. The molecule has 0 aliphatic rings. The highest BCUT2D eigenvalue weighted by Gasteiger charge is 2.17. The van der Waals surface area contributed by atoms with Gasteiger partial charge in [0.15, 0.2) is 17.6 Å². The second kappa shape index (κ2) is 6.38. The van der Waals surface area contributed by atoms with Crippen molar-refractivity contribution in [2.45, 2.75) is 26.8 Å². The van der Waals surface area contributed by atoms with Crippen molar-refractivity contribution in [3.05, 3.63) is 38.6 Å². The summed E-state index contributed by atoms with van der Waals surface area (Å²) in [4.78, 5) is 23.8. The van der Waals surface area contributed by atoms with E-state index in [2.05, 4.69) is 24.7 Å². The molecule has 0 radical (unpaired) electrons. The molecule has 2 heterocycles. The van der Waals surface area contributed by atoms with Gasteiger partial charge in [-0.3, -0.25) is 0 Å². The van der Waals surface area contributed by atoms with Gasteiger partial charge in [-0.25, -0.2) is 9.97 Å². The van der Waals surface area contributed by atoms with E-state index in [-0.39, 0.29) is 0 Å². The quantitative estimate of drug-likeness (QED) is 0.375. The molecule has 106 valence electrons. The lowest BCUT2D eigenvalue weighted by atomic mass is 10.2. The van der Waals surface area contributed by atoms with Gasteiger partial charge in [0.1, 0.15) is 18.2 Å². The van der Waals surface area contributed by atoms with Crippen LogP contribution in [0.2, 0.25) is 0 Å². The zero-order chi connectivity index (χ0) is 14.5. The summed E-state index contributed by atoms with van der Waals surface area (Å²) in [5, 5.41) is 2.39. The standard InChI is InChI=1S/C12H16N5O2S/c1-8-11(3-4-19-16-18)20-7-17(8)6-10-5-14-9(2)15-12(10)13/h5,7H,3-4,6H2,1-2H3,(H2,13,14,15)/q+1. The molecule has 0 aliphatic carbocycles. The van der Waals surface area contributed by atoms with Gasteiger partial charge < -0.3 is 10.6 Å². The molecule has 7 nitrogen and oxygen atoms in total. The predicted octanol–water partition coefficient (Wildman–Crippen LogP) is 1.31. The van der Waals surface area contributed by atoms with E-state index in [9.17, 15) is 4.91 Å². The third-order valence-electron chi connectivity index (χ3n) is 2.99. The molecule has 8 heteroatoms. The Morgan fingerprint density at radius 1 is 1.50 bits per heavy atom. The number of nitrogens with two attached hydrogens (primary N) is 1. The van der Waals surface area contributed by atoms with Gasteiger partial charge >= 0.3 is 0 Å². The summed E-state index contributed by atoms with van der Waals surface area (Å²) in [5.41, 5.74) is 9.91. The average Bonchev–Trinajstić information content (AvgIpc) is 2.75. The fourth-order valence-corrected chi connectivity index (χ4v) is 2.82. The maximum Gasteiger partial charge on any atom is 0.225 e. The van der Waals surface area contributed by atoms with Crippen LogP contribution in [0.5, 0.6) is 0 Å². The van der Waals surface area contributed by atoms with E-state index in [4.69, 9.17) is 5.73 Å². The first-order valence-corrected chi connectivity index (χ1v) is 6.98. The molecule has 2 aromatic rings. The number of nitrogen functional groups attached to an aromatic ring is 1. The van der Waals surface area contributed by atoms with Crippen LogP contribution >= 0.6 is 11.3 Å². The van der Waals surface area contributed by atoms with Crippen LogP contribution in [0.25, 0.3) is 0 Å². The highest BCUT2D eigenvalue weighted by atomic mass is 32.1. The van der Waals surface area contributed by atoms with E-state index in [1.54, 1.807) is 17.5 Å². The molecule has 0 atom stereocenters. The van der Waals surface area contributed by atoms with Crippen molar-refractivity contribution in [3.63, 3.8) is 0 Å². The van der Waals surface area contributed by atoms with Gasteiger partial charge in [-0.1, -0.05) is 11.3 Å². The Kier molecular flexibility index (Phi) is 4.57. The van der Waals surface area contributed by atoms with Crippen molar-refractivity contribution in [1.82, 2.24) is 9.97 Å². The summed E-state index contributed by atoms with van der Waals surface area (Å²) in [6.45, 7) is 4.75. The molecule has 0 unspecified atom stereocenters. The van der Waals surface area contributed by atoms with Crippen LogP contribution in [-0.2, 0) is 17.8 Å². The number of rotatable bonds is 6. The summed E-state index contributed by atoms with van der Waals surface area (Å²) in [6.07, 6.45) is 2.41. The SMILES string of the molecule is Cc1ncc(C[n+]2csc(CCON=O)c2C)c(N)n1. The Balaban J connectivity index is 2.11. The Morgan fingerprint density at radius 2 is 2.30 bits per heavy atom. The van der Waals surface area contributed by atoms with Crippen molar-refractivity contribution in [3.8, 4) is 0 Å². The first-order chi connectivity index (χ1) is 9.61. The number of nitrogens with zero attached hydrogens (tertiary/aromatic N) is 4. The molecule has 0 spiro atoms. The molecule has 0 aliphatic heterocycles. The summed E-state index contributed by atoms with van der Waals surface area (Å²) < 4.78 is 2.08. The maximum absolute atomic E-state index is 9.89. The minimum Gasteiger partial charge on any atom is -0.383 e. The van der Waals surface area contributed by atoms with Crippen LogP contribution in [-0.4, -0.2) is 16.6 Å². The molecule has 0 saturated heterocycles. The molecule has 20 heavy (non-hydrogen) atoms. The molecule has 0 amide bonds. The Labute approximate surface area is 120 Å². The average molecular weight is 294 g/mol. The summed E-state index contributed by atoms with van der Waals surface area (Å²) in [7, 11) is 0. The van der Waals surface area contributed by atoms with Gasteiger partial charge in [0.2, 0.25) is 5.51 Å². The molecule has 0 fully saturated rings. The van der Waals surface area contributed by atoms with E-state index < -0.39 is 0 Å². The van der Waals surface area contributed by atoms with E-state index in [0.29, 0.717) is 31.2 Å². The van der Waals surface area contributed by atoms with Crippen molar-refractivity contribution in [2.75, 3.05) is 12.3 Å². The van der Waals surface area contributed by atoms with Crippen LogP contribution in [0.3, 0.4) is 0 Å². The van der Waals surface area contributed by atoms with Crippen molar-refractivity contribution in [1.29, 1.82) is 0 Å². The van der Waals surface area contributed by atoms with Crippen LogP contribution in [0.15, 0.2) is 17.0 Å². The number of hydrogen-bond donors (Lipinski definition) is 1. The predicted molar refractivity (Wildman–Crippen MR) is 75.0 cm³/mol. The summed E-state index contributed by atoms with van der Waals surface area (Å²) in [6, 6.07) is 0. The van der Waals surface area contributed by atoms with Crippen molar-refractivity contribution < 1.29 is 9.40 Å². The van der Waals surface area contributed by atoms with Gasteiger partial charge in [0, 0.05) is 19.5 Å². The summed E-state index contributed by atoms with van der Waals surface area (Å²) >= 11 is 1.61.